The van der Waals surface area contributed by atoms with E-state index in [2.05, 4.69) is 15.5 Å². The number of hydrogen-bond donors (Lipinski definition) is 2. The fraction of sp³-hybridized carbons (Fsp3) is 0.286. The summed E-state index contributed by atoms with van der Waals surface area (Å²) in [5.74, 6) is -0.297. The Balaban J connectivity index is 2.61. The van der Waals surface area contributed by atoms with Gasteiger partial charge in [-0.3, -0.25) is 4.79 Å². The zero-order valence-electron chi connectivity index (χ0n) is 6.83. The molecule has 5 nitrogen and oxygen atoms in total. The van der Waals surface area contributed by atoms with Gasteiger partial charge in [-0.1, -0.05) is 11.6 Å². The van der Waals surface area contributed by atoms with Crippen molar-refractivity contribution in [2.24, 2.45) is 5.73 Å². The first-order valence-electron chi connectivity index (χ1n) is 3.71. The minimum absolute atomic E-state index is 0.234. The molecule has 0 aliphatic heterocycles. The average molecular weight is 201 g/mol. The topological polar surface area (TPSA) is 80.9 Å². The van der Waals surface area contributed by atoms with Crippen molar-refractivity contribution in [3.63, 3.8) is 0 Å². The summed E-state index contributed by atoms with van der Waals surface area (Å²) in [5, 5.41) is 9.95. The number of aromatic nitrogens is 2. The van der Waals surface area contributed by atoms with Crippen LogP contribution in [0.15, 0.2) is 12.1 Å². The predicted octanol–water partition coefficient (Wildman–Crippen LogP) is -0.182. The van der Waals surface area contributed by atoms with Crippen LogP contribution in [0.5, 0.6) is 0 Å². The number of hydrogen-bond acceptors (Lipinski definition) is 4. The molecule has 0 aliphatic carbocycles. The summed E-state index contributed by atoms with van der Waals surface area (Å²) < 4.78 is 0. The van der Waals surface area contributed by atoms with Crippen molar-refractivity contribution < 1.29 is 4.79 Å². The quantitative estimate of drug-likeness (QED) is 0.709. The lowest BCUT2D eigenvalue weighted by molar-refractivity contribution is 0.0949. The first kappa shape index (κ1) is 9.88. The smallest absolute Gasteiger partial charge is 0.271 e. The average Bonchev–Trinajstić information content (AvgIpc) is 2.15. The summed E-state index contributed by atoms with van der Waals surface area (Å²) in [5.41, 5.74) is 5.44. The summed E-state index contributed by atoms with van der Waals surface area (Å²) in [6, 6.07) is 3.01. The second kappa shape index (κ2) is 4.74. The van der Waals surface area contributed by atoms with Gasteiger partial charge in [-0.05, 0) is 12.1 Å². The van der Waals surface area contributed by atoms with E-state index in [1.54, 1.807) is 0 Å². The van der Waals surface area contributed by atoms with E-state index in [0.717, 1.165) is 0 Å². The minimum atomic E-state index is -0.297. The molecule has 13 heavy (non-hydrogen) atoms. The van der Waals surface area contributed by atoms with Gasteiger partial charge in [0.05, 0.1) is 0 Å². The molecule has 0 saturated heterocycles. The number of amides is 1. The molecule has 70 valence electrons. The highest BCUT2D eigenvalue weighted by Crippen LogP contribution is 2.01. The third-order valence-corrected chi connectivity index (χ3v) is 1.50. The van der Waals surface area contributed by atoms with E-state index < -0.39 is 0 Å². The summed E-state index contributed by atoms with van der Waals surface area (Å²) in [4.78, 5) is 11.2. The first-order valence-corrected chi connectivity index (χ1v) is 4.09. The Bertz CT molecular complexity index is 287. The maximum atomic E-state index is 11.2. The van der Waals surface area contributed by atoms with Gasteiger partial charge in [0.2, 0.25) is 0 Å². The van der Waals surface area contributed by atoms with E-state index in [0.29, 0.717) is 13.1 Å². The van der Waals surface area contributed by atoms with Crippen LogP contribution in [0.3, 0.4) is 0 Å². The van der Waals surface area contributed by atoms with Gasteiger partial charge >= 0.3 is 0 Å². The lowest BCUT2D eigenvalue weighted by Crippen LogP contribution is -2.29. The number of rotatable bonds is 3. The Morgan fingerprint density at radius 3 is 2.85 bits per heavy atom. The Labute approximate surface area is 80.3 Å². The third kappa shape index (κ3) is 2.96. The molecule has 1 rings (SSSR count). The fourth-order valence-corrected chi connectivity index (χ4v) is 0.814. The van der Waals surface area contributed by atoms with E-state index in [1.165, 1.54) is 12.1 Å². The molecule has 1 amide bonds. The van der Waals surface area contributed by atoms with Crippen LogP contribution in [0.25, 0.3) is 0 Å². The van der Waals surface area contributed by atoms with Gasteiger partial charge in [-0.15, -0.1) is 10.2 Å². The molecule has 1 heterocycles. The zero-order valence-corrected chi connectivity index (χ0v) is 7.58. The molecule has 6 heteroatoms. The summed E-state index contributed by atoms with van der Waals surface area (Å²) in [6.45, 7) is 0.815. The van der Waals surface area contributed by atoms with E-state index in [4.69, 9.17) is 17.3 Å². The van der Waals surface area contributed by atoms with Crippen molar-refractivity contribution in [2.75, 3.05) is 13.1 Å². The van der Waals surface area contributed by atoms with Gasteiger partial charge in [-0.25, -0.2) is 0 Å². The third-order valence-electron chi connectivity index (χ3n) is 1.29. The Morgan fingerprint density at radius 1 is 1.54 bits per heavy atom. The summed E-state index contributed by atoms with van der Waals surface area (Å²) in [7, 11) is 0. The molecule has 0 unspecified atom stereocenters. The van der Waals surface area contributed by atoms with Crippen LogP contribution in [0.2, 0.25) is 5.15 Å². The summed E-state index contributed by atoms with van der Waals surface area (Å²) >= 11 is 5.50. The van der Waals surface area contributed by atoms with Crippen molar-refractivity contribution in [1.82, 2.24) is 15.5 Å². The molecule has 1 aromatic heterocycles. The van der Waals surface area contributed by atoms with Crippen LogP contribution in [-0.2, 0) is 0 Å². The van der Waals surface area contributed by atoms with Gasteiger partial charge in [0.15, 0.2) is 10.8 Å². The largest absolute Gasteiger partial charge is 0.349 e. The Morgan fingerprint density at radius 2 is 2.31 bits per heavy atom. The van der Waals surface area contributed by atoms with Crippen molar-refractivity contribution in [3.8, 4) is 0 Å². The highest BCUT2D eigenvalue weighted by Gasteiger charge is 2.05. The number of halogens is 1. The monoisotopic (exact) mass is 200 g/mol. The normalized spacial score (nSPS) is 9.69. The van der Waals surface area contributed by atoms with Crippen molar-refractivity contribution >= 4 is 17.5 Å². The van der Waals surface area contributed by atoms with E-state index in [-0.39, 0.29) is 16.8 Å². The van der Waals surface area contributed by atoms with Gasteiger partial charge in [0.1, 0.15) is 0 Å². The lowest BCUT2D eigenvalue weighted by Gasteiger charge is -2.00. The van der Waals surface area contributed by atoms with Crippen LogP contribution < -0.4 is 11.1 Å². The van der Waals surface area contributed by atoms with Gasteiger partial charge in [-0.2, -0.15) is 0 Å². The highest BCUT2D eigenvalue weighted by atomic mass is 35.5. The molecule has 0 spiro atoms. The maximum absolute atomic E-state index is 11.2. The molecule has 0 fully saturated rings. The zero-order chi connectivity index (χ0) is 9.68. The van der Waals surface area contributed by atoms with Crippen LogP contribution in [-0.4, -0.2) is 29.2 Å². The maximum Gasteiger partial charge on any atom is 0.271 e. The SMILES string of the molecule is NCCNC(=O)c1ccc(Cl)nn1. The molecular formula is C7H9ClN4O. The van der Waals surface area contributed by atoms with E-state index in [1.807, 2.05) is 0 Å². The van der Waals surface area contributed by atoms with E-state index in [9.17, 15) is 4.79 Å². The fourth-order valence-electron chi connectivity index (χ4n) is 0.713. The number of nitrogens with zero attached hydrogens (tertiary/aromatic N) is 2. The molecule has 0 saturated carbocycles. The van der Waals surface area contributed by atoms with Gasteiger partial charge in [0, 0.05) is 13.1 Å². The molecular weight excluding hydrogens is 192 g/mol. The first-order chi connectivity index (χ1) is 6.24. The van der Waals surface area contributed by atoms with Crippen LogP contribution >= 0.6 is 11.6 Å². The minimum Gasteiger partial charge on any atom is -0.349 e. The lowest BCUT2D eigenvalue weighted by atomic mass is 10.3. The molecule has 0 radical (unpaired) electrons. The van der Waals surface area contributed by atoms with Crippen LogP contribution in [0.1, 0.15) is 10.5 Å². The Hall–Kier alpha value is -1.20. The Kier molecular flexibility index (Phi) is 3.60. The number of nitrogens with one attached hydrogen (secondary N) is 1. The molecule has 3 N–H and O–H groups in total. The van der Waals surface area contributed by atoms with Crippen LogP contribution in [0.4, 0.5) is 0 Å². The van der Waals surface area contributed by atoms with Crippen molar-refractivity contribution in [3.05, 3.63) is 23.0 Å². The van der Waals surface area contributed by atoms with Crippen molar-refractivity contribution in [1.29, 1.82) is 0 Å². The summed E-state index contributed by atoms with van der Waals surface area (Å²) in [6.07, 6.45) is 0. The number of nitrogens with two attached hydrogens (primary N) is 1. The molecule has 1 aromatic rings. The predicted molar refractivity (Wildman–Crippen MR) is 48.4 cm³/mol. The van der Waals surface area contributed by atoms with E-state index >= 15 is 0 Å². The number of carbonyl (C=O) groups is 1. The molecule has 0 aromatic carbocycles. The molecule has 0 aliphatic rings. The molecule has 0 atom stereocenters. The van der Waals surface area contributed by atoms with Gasteiger partial charge < -0.3 is 11.1 Å². The van der Waals surface area contributed by atoms with Gasteiger partial charge in [0.25, 0.3) is 5.91 Å². The second-order valence-corrected chi connectivity index (χ2v) is 2.67. The second-order valence-electron chi connectivity index (χ2n) is 2.29. The van der Waals surface area contributed by atoms with Crippen LogP contribution in [0, 0.1) is 0 Å². The molecule has 0 bridgehead atoms. The standard InChI is InChI=1S/C7H9ClN4O/c8-6-2-1-5(11-12-6)7(13)10-4-3-9/h1-2H,3-4,9H2,(H,10,13). The number of carbonyl (C=O) groups excluding carboxylic acids is 1. The van der Waals surface area contributed by atoms with Crippen molar-refractivity contribution in [2.45, 2.75) is 0 Å². The highest BCUT2D eigenvalue weighted by molar-refractivity contribution is 6.29.